The van der Waals surface area contributed by atoms with Crippen LogP contribution in [0, 0.1) is 5.92 Å². The Kier molecular flexibility index (Phi) is 5.26. The first-order chi connectivity index (χ1) is 9.42. The van der Waals surface area contributed by atoms with E-state index in [4.69, 9.17) is 0 Å². The fraction of sp³-hybridized carbons (Fsp3) is 0.923. The van der Waals surface area contributed by atoms with Gasteiger partial charge in [0.15, 0.2) is 0 Å². The molecule has 2 rings (SSSR count). The molecule has 0 radical (unpaired) electrons. The van der Waals surface area contributed by atoms with E-state index in [1.807, 2.05) is 10.2 Å². The zero-order chi connectivity index (χ0) is 14.6. The van der Waals surface area contributed by atoms with Crippen molar-refractivity contribution in [2.45, 2.75) is 37.9 Å². The van der Waals surface area contributed by atoms with Gasteiger partial charge in [-0.2, -0.15) is 13.2 Å². The van der Waals surface area contributed by atoms with E-state index in [9.17, 15) is 18.0 Å². The zero-order valence-electron chi connectivity index (χ0n) is 11.5. The van der Waals surface area contributed by atoms with E-state index in [0.29, 0.717) is 6.04 Å². The Labute approximate surface area is 117 Å². The molecule has 1 saturated carbocycles. The van der Waals surface area contributed by atoms with Gasteiger partial charge in [-0.05, 0) is 38.1 Å². The van der Waals surface area contributed by atoms with Crippen molar-refractivity contribution in [3.63, 3.8) is 0 Å². The highest BCUT2D eigenvalue weighted by molar-refractivity contribution is 5.78. The first kappa shape index (κ1) is 15.6. The lowest BCUT2D eigenvalue weighted by Gasteiger charge is -2.32. The monoisotopic (exact) mass is 293 g/mol. The number of likely N-dealkylation sites (tertiary alicyclic amines) is 1. The molecule has 0 unspecified atom stereocenters. The highest BCUT2D eigenvalue weighted by atomic mass is 19.4. The molecule has 4 nitrogen and oxygen atoms in total. The van der Waals surface area contributed by atoms with Gasteiger partial charge in [-0.1, -0.05) is 0 Å². The molecule has 1 amide bonds. The summed E-state index contributed by atoms with van der Waals surface area (Å²) >= 11 is 0. The van der Waals surface area contributed by atoms with Gasteiger partial charge in [0, 0.05) is 19.1 Å². The van der Waals surface area contributed by atoms with Crippen LogP contribution in [0.4, 0.5) is 13.2 Å². The lowest BCUT2D eigenvalue weighted by Crippen LogP contribution is -2.47. The molecule has 1 heterocycles. The first-order valence-corrected chi connectivity index (χ1v) is 7.21. The van der Waals surface area contributed by atoms with Crippen LogP contribution in [0.3, 0.4) is 0 Å². The van der Waals surface area contributed by atoms with Gasteiger partial charge in [0.2, 0.25) is 5.91 Å². The van der Waals surface area contributed by atoms with E-state index in [1.165, 1.54) is 12.8 Å². The summed E-state index contributed by atoms with van der Waals surface area (Å²) in [7, 11) is 0. The summed E-state index contributed by atoms with van der Waals surface area (Å²) < 4.78 is 35.9. The normalized spacial score (nSPS) is 21.9. The van der Waals surface area contributed by atoms with Crippen molar-refractivity contribution in [2.75, 3.05) is 32.7 Å². The van der Waals surface area contributed by atoms with E-state index < -0.39 is 18.6 Å². The molecule has 2 fully saturated rings. The minimum atomic E-state index is -4.34. The average molecular weight is 293 g/mol. The Bertz CT molecular complexity index is 323. The third-order valence-electron chi connectivity index (χ3n) is 3.83. The number of nitrogens with zero attached hydrogens (tertiary/aromatic N) is 1. The molecule has 1 saturated heterocycles. The van der Waals surface area contributed by atoms with E-state index in [1.54, 1.807) is 0 Å². The Morgan fingerprint density at radius 1 is 1.15 bits per heavy atom. The number of piperidine rings is 1. The summed E-state index contributed by atoms with van der Waals surface area (Å²) in [6, 6.07) is 0.491. The quantitative estimate of drug-likeness (QED) is 0.771. The van der Waals surface area contributed by atoms with Gasteiger partial charge >= 0.3 is 6.18 Å². The number of nitrogens with one attached hydrogen (secondary N) is 2. The molecule has 2 N–H and O–H groups in total. The van der Waals surface area contributed by atoms with Crippen LogP contribution in [0.2, 0.25) is 0 Å². The molecule has 2 aliphatic rings. The Morgan fingerprint density at radius 2 is 1.80 bits per heavy atom. The van der Waals surface area contributed by atoms with Crippen molar-refractivity contribution in [1.29, 1.82) is 0 Å². The number of carbonyl (C=O) groups excluding carboxylic acids is 1. The molecule has 0 aromatic rings. The fourth-order valence-electron chi connectivity index (χ4n) is 2.41. The third kappa shape index (κ3) is 6.09. The van der Waals surface area contributed by atoms with Crippen LogP contribution in [-0.4, -0.2) is 55.7 Å². The van der Waals surface area contributed by atoms with Crippen molar-refractivity contribution in [2.24, 2.45) is 5.92 Å². The zero-order valence-corrected chi connectivity index (χ0v) is 11.5. The van der Waals surface area contributed by atoms with Gasteiger partial charge in [0.25, 0.3) is 0 Å². The third-order valence-corrected chi connectivity index (χ3v) is 3.83. The lowest BCUT2D eigenvalue weighted by atomic mass is 10.0. The van der Waals surface area contributed by atoms with Crippen LogP contribution in [0.25, 0.3) is 0 Å². The second-order valence-corrected chi connectivity index (χ2v) is 5.79. The summed E-state index contributed by atoms with van der Waals surface area (Å²) in [6.45, 7) is 1.43. The van der Waals surface area contributed by atoms with Crippen molar-refractivity contribution < 1.29 is 18.0 Å². The average Bonchev–Trinajstić information content (AvgIpc) is 3.19. The highest BCUT2D eigenvalue weighted by Gasteiger charge is 2.28. The number of hydrogen-bond acceptors (Lipinski definition) is 3. The largest absolute Gasteiger partial charge is 0.405 e. The number of halogens is 3. The van der Waals surface area contributed by atoms with E-state index in [0.717, 1.165) is 38.4 Å². The summed E-state index contributed by atoms with van der Waals surface area (Å²) in [4.78, 5) is 13.3. The Balaban J connectivity index is 1.57. The molecule has 1 aliphatic heterocycles. The van der Waals surface area contributed by atoms with E-state index in [-0.39, 0.29) is 6.54 Å². The molecule has 0 aromatic carbocycles. The second kappa shape index (κ2) is 6.76. The molecule has 116 valence electrons. The van der Waals surface area contributed by atoms with Crippen LogP contribution < -0.4 is 10.6 Å². The van der Waals surface area contributed by atoms with Crippen LogP contribution in [0.5, 0.6) is 0 Å². The number of hydrogen-bond donors (Lipinski definition) is 2. The molecular weight excluding hydrogens is 271 g/mol. The minimum Gasteiger partial charge on any atom is -0.346 e. The molecule has 0 spiro atoms. The Hall–Kier alpha value is -0.820. The summed E-state index contributed by atoms with van der Waals surface area (Å²) in [6.07, 6.45) is 0.227. The second-order valence-electron chi connectivity index (χ2n) is 5.79. The molecule has 0 atom stereocenters. The molecule has 1 aliphatic carbocycles. The molecule has 0 aromatic heterocycles. The maximum atomic E-state index is 12.0. The minimum absolute atomic E-state index is 0.0609. The predicted octanol–water partition coefficient (Wildman–Crippen LogP) is 1.13. The standard InChI is InChI=1S/C13H22F3N3O/c14-13(15,16)9-18-12(20)8-19-5-3-11(4-6-19)17-7-10-1-2-10/h10-11,17H,1-9H2,(H,18,20). The smallest absolute Gasteiger partial charge is 0.346 e. The van der Waals surface area contributed by atoms with Gasteiger partial charge in [0.05, 0.1) is 6.54 Å². The fourth-order valence-corrected chi connectivity index (χ4v) is 2.41. The molecule has 20 heavy (non-hydrogen) atoms. The van der Waals surface area contributed by atoms with Crippen molar-refractivity contribution in [3.05, 3.63) is 0 Å². The SMILES string of the molecule is O=C(CN1CCC(NCC2CC2)CC1)NCC(F)(F)F. The van der Waals surface area contributed by atoms with E-state index >= 15 is 0 Å². The number of rotatable bonds is 6. The summed E-state index contributed by atoms with van der Waals surface area (Å²) in [5, 5.41) is 5.43. The molecule has 7 heteroatoms. The van der Waals surface area contributed by atoms with Crippen LogP contribution >= 0.6 is 0 Å². The van der Waals surface area contributed by atoms with Crippen LogP contribution in [0.15, 0.2) is 0 Å². The number of alkyl halides is 3. The van der Waals surface area contributed by atoms with Gasteiger partial charge < -0.3 is 10.6 Å². The summed E-state index contributed by atoms with van der Waals surface area (Å²) in [5.41, 5.74) is 0. The van der Waals surface area contributed by atoms with Gasteiger partial charge in [-0.25, -0.2) is 0 Å². The first-order valence-electron chi connectivity index (χ1n) is 7.21. The number of carbonyl (C=O) groups is 1. The number of amides is 1. The maximum Gasteiger partial charge on any atom is 0.405 e. The molecule has 0 bridgehead atoms. The van der Waals surface area contributed by atoms with Gasteiger partial charge in [-0.3, -0.25) is 9.69 Å². The van der Waals surface area contributed by atoms with Gasteiger partial charge in [-0.15, -0.1) is 0 Å². The lowest BCUT2D eigenvalue weighted by molar-refractivity contribution is -0.139. The predicted molar refractivity (Wildman–Crippen MR) is 69.3 cm³/mol. The van der Waals surface area contributed by atoms with Crippen molar-refractivity contribution >= 4 is 5.91 Å². The Morgan fingerprint density at radius 3 is 2.35 bits per heavy atom. The topological polar surface area (TPSA) is 44.4 Å². The van der Waals surface area contributed by atoms with E-state index in [2.05, 4.69) is 5.32 Å². The molecular formula is C13H22F3N3O. The highest BCUT2D eigenvalue weighted by Crippen LogP contribution is 2.28. The van der Waals surface area contributed by atoms with Crippen molar-refractivity contribution in [3.8, 4) is 0 Å². The summed E-state index contributed by atoms with van der Waals surface area (Å²) in [5.74, 6) is 0.299. The van der Waals surface area contributed by atoms with Crippen LogP contribution in [-0.2, 0) is 4.79 Å². The van der Waals surface area contributed by atoms with Crippen LogP contribution in [0.1, 0.15) is 25.7 Å². The van der Waals surface area contributed by atoms with Gasteiger partial charge in [0.1, 0.15) is 6.54 Å². The van der Waals surface area contributed by atoms with Crippen molar-refractivity contribution in [1.82, 2.24) is 15.5 Å². The maximum absolute atomic E-state index is 12.0.